The Hall–Kier alpha value is -1.98. The summed E-state index contributed by atoms with van der Waals surface area (Å²) in [5.74, 6) is 0. The quantitative estimate of drug-likeness (QED) is 0.603. The number of hydrogen-bond donors (Lipinski definition) is 0. The number of benzene rings is 1. The van der Waals surface area contributed by atoms with Crippen molar-refractivity contribution in [2.45, 2.75) is 6.92 Å². The fourth-order valence-electron chi connectivity index (χ4n) is 1.02. The van der Waals surface area contributed by atoms with Crippen molar-refractivity contribution in [2.24, 2.45) is 0 Å². The van der Waals surface area contributed by atoms with Crippen molar-refractivity contribution in [2.75, 3.05) is 7.11 Å². The van der Waals surface area contributed by atoms with Gasteiger partial charge in [-0.15, -0.1) is 0 Å². The van der Waals surface area contributed by atoms with Gasteiger partial charge in [-0.1, -0.05) is 0 Å². The number of hydrogen-bond acceptors (Lipinski definition) is 1. The van der Waals surface area contributed by atoms with Crippen LogP contribution in [0.4, 0.5) is 0 Å². The Morgan fingerprint density at radius 2 is 1.22 bits per heavy atom. The second kappa shape index (κ2) is 36.8. The minimum absolute atomic E-state index is 0.807. The van der Waals surface area contributed by atoms with E-state index in [1.54, 1.807) is 7.11 Å². The van der Waals surface area contributed by atoms with Crippen molar-refractivity contribution in [3.8, 4) is 0 Å². The fourth-order valence-corrected chi connectivity index (χ4v) is 1.30. The molecule has 0 aromatic heterocycles. The Kier molecular flexibility index (Phi) is 52.6. The Morgan fingerprint density at radius 1 is 0.870 bits per heavy atom. The van der Waals surface area contributed by atoms with Crippen molar-refractivity contribution in [1.29, 1.82) is 0 Å². The molecule has 0 saturated heterocycles. The monoisotopic (exact) mass is 352 g/mol. The summed E-state index contributed by atoms with van der Waals surface area (Å²) in [6.45, 7) is 24.6. The Bertz CT molecular complexity index is 474. The molecule has 1 aromatic carbocycles. The third-order valence-corrected chi connectivity index (χ3v) is 2.21. The molecule has 6 nitrogen and oxygen atoms in total. The summed E-state index contributed by atoms with van der Waals surface area (Å²) < 4.78 is 43.3. The van der Waals surface area contributed by atoms with Crippen molar-refractivity contribution >= 4 is 10.1 Å². The molecular weight excluding hydrogens is 340 g/mol. The van der Waals surface area contributed by atoms with E-state index in [9.17, 15) is 0 Å². The van der Waals surface area contributed by atoms with E-state index in [1.807, 2.05) is 24.3 Å². The molecule has 1 aromatic rings. The van der Waals surface area contributed by atoms with Gasteiger partial charge in [0.25, 0.3) is 0 Å². The molecule has 0 saturated carbocycles. The van der Waals surface area contributed by atoms with Crippen LogP contribution in [0.15, 0.2) is 36.4 Å². The van der Waals surface area contributed by atoms with E-state index in [1.165, 1.54) is 11.1 Å². The maximum absolute atomic E-state index is 7.50. The summed E-state index contributed by atoms with van der Waals surface area (Å²) in [6.07, 6.45) is 1.98. The standard InChI is InChI=1S/C11H12O.5CO.Cr/c1-10(8-9-12-2)11-6-4-3-5-7-11;5*1-2;/h3-8H,1-2H3;;;;;;/b10-8+;;;;;;. The van der Waals surface area contributed by atoms with E-state index in [0.29, 0.717) is 0 Å². The van der Waals surface area contributed by atoms with Crippen LogP contribution in [0.25, 0.3) is 5.57 Å². The normalized spacial score (nSPS) is 6.87. The van der Waals surface area contributed by atoms with Gasteiger partial charge in [-0.3, -0.25) is 0 Å². The zero-order valence-electron chi connectivity index (χ0n) is 12.3. The van der Waals surface area contributed by atoms with Gasteiger partial charge < -0.3 is 0 Å². The summed E-state index contributed by atoms with van der Waals surface area (Å²) in [5, 5.41) is 0. The molecule has 118 valence electrons. The second-order valence-electron chi connectivity index (χ2n) is 2.72. The van der Waals surface area contributed by atoms with Gasteiger partial charge in [0, 0.05) is 0 Å². The van der Waals surface area contributed by atoms with Crippen LogP contribution < -0.4 is 0 Å². The molecule has 0 aliphatic rings. The topological polar surface area (TPSA) is 109 Å². The van der Waals surface area contributed by atoms with E-state index in [0.717, 1.165) is 4.57 Å². The van der Waals surface area contributed by atoms with Gasteiger partial charge in [0.15, 0.2) is 0 Å². The number of ether oxygens (including phenoxy) is 1. The Morgan fingerprint density at radius 3 is 1.52 bits per heavy atom. The van der Waals surface area contributed by atoms with Crippen LogP contribution >= 0.6 is 0 Å². The third-order valence-electron chi connectivity index (χ3n) is 1.76. The molecule has 0 atom stereocenters. The van der Waals surface area contributed by atoms with Gasteiger partial charge in [0.2, 0.25) is 0 Å². The molecule has 0 bridgehead atoms. The summed E-state index contributed by atoms with van der Waals surface area (Å²) in [4.78, 5) is 0. The number of rotatable bonds is 3. The molecule has 1 rings (SSSR count). The summed E-state index contributed by atoms with van der Waals surface area (Å²) in [5.41, 5.74) is 2.41. The molecule has 23 heavy (non-hydrogen) atoms. The van der Waals surface area contributed by atoms with Gasteiger partial charge in [-0.25, -0.2) is 0 Å². The van der Waals surface area contributed by atoms with Gasteiger partial charge in [0.1, 0.15) is 0 Å². The Balaban J connectivity index is -0.0000000923. The molecule has 0 unspecified atom stereocenters. The van der Waals surface area contributed by atoms with Crippen LogP contribution in [0.3, 0.4) is 0 Å². The first-order chi connectivity index (χ1) is 11.2. The van der Waals surface area contributed by atoms with E-state index in [4.69, 9.17) is 28.0 Å². The zero-order chi connectivity index (χ0) is 19.7. The van der Waals surface area contributed by atoms with Crippen LogP contribution in [-0.4, -0.2) is 11.7 Å². The molecule has 0 aliphatic heterocycles. The molecule has 0 spiro atoms. The first-order valence-electron chi connectivity index (χ1n) is 5.08. The molecule has 0 fully saturated rings. The maximum atomic E-state index is 7.50. The summed E-state index contributed by atoms with van der Waals surface area (Å²) in [6, 6.07) is 10.2. The van der Waals surface area contributed by atoms with E-state index in [-0.39, 0.29) is 0 Å². The van der Waals surface area contributed by atoms with Crippen molar-refractivity contribution in [3.63, 3.8) is 0 Å². The van der Waals surface area contributed by atoms with Crippen LogP contribution in [0, 0.1) is 33.3 Å². The fraction of sp³-hybridized carbons (Fsp3) is 0.125. The van der Waals surface area contributed by atoms with Crippen LogP contribution in [0.1, 0.15) is 12.5 Å². The number of allylic oxidation sites excluding steroid dienone is 1. The SMILES string of the molecule is CO[C](=[Cr])/C=C(\C)c1ccccc1.[C-]#[O+].[C-]#[O+].[C-]#[O+].[C-]#[O+].[C-]#[O+]. The average molecular weight is 352 g/mol. The van der Waals surface area contributed by atoms with E-state index in [2.05, 4.69) is 68.2 Å². The van der Waals surface area contributed by atoms with Crippen LogP contribution in [-0.2, 0) is 43.8 Å². The minimum atomic E-state index is 0.807. The third kappa shape index (κ3) is 25.3. The van der Waals surface area contributed by atoms with Crippen molar-refractivity contribution in [3.05, 3.63) is 75.2 Å². The van der Waals surface area contributed by atoms with Gasteiger partial charge in [-0.05, 0) is 0 Å². The van der Waals surface area contributed by atoms with E-state index < -0.39 is 0 Å². The predicted octanol–water partition coefficient (Wildman–Crippen LogP) is 2.23. The predicted molar refractivity (Wildman–Crippen MR) is 71.8 cm³/mol. The molecule has 0 aliphatic carbocycles. The van der Waals surface area contributed by atoms with Crippen LogP contribution in [0.2, 0.25) is 0 Å². The molecule has 0 N–H and O–H groups in total. The van der Waals surface area contributed by atoms with Gasteiger partial charge in [0.05, 0.1) is 0 Å². The summed E-state index contributed by atoms with van der Waals surface area (Å²) in [7, 11) is 1.65. The first-order valence-corrected chi connectivity index (χ1v) is 5.71. The first kappa shape index (κ1) is 32.8. The van der Waals surface area contributed by atoms with Crippen LogP contribution in [0.5, 0.6) is 0 Å². The van der Waals surface area contributed by atoms with Gasteiger partial charge in [-0.2, -0.15) is 0 Å². The van der Waals surface area contributed by atoms with Gasteiger partial charge >= 0.3 is 143 Å². The zero-order valence-corrected chi connectivity index (χ0v) is 13.6. The molecule has 0 radical (unpaired) electrons. The second-order valence-corrected chi connectivity index (χ2v) is 3.34. The summed E-state index contributed by atoms with van der Waals surface area (Å²) >= 11 is 2.85. The molecule has 0 heterocycles. The van der Waals surface area contributed by atoms with Crippen molar-refractivity contribution in [1.82, 2.24) is 0 Å². The molecular formula is C16H12CrO6. The Labute approximate surface area is 143 Å². The van der Waals surface area contributed by atoms with E-state index >= 15 is 0 Å². The molecule has 0 amide bonds. The average Bonchev–Trinajstić information content (AvgIpc) is 2.70. The van der Waals surface area contributed by atoms with Crippen molar-refractivity contribution < 1.29 is 43.8 Å². The number of methoxy groups -OCH3 is 1. The molecule has 7 heteroatoms.